The van der Waals surface area contributed by atoms with E-state index >= 15 is 0 Å². The number of hydrogen-bond acceptors (Lipinski definition) is 3. The fourth-order valence-electron chi connectivity index (χ4n) is 2.22. The molecule has 110 valence electrons. The molecule has 1 amide bonds. The Labute approximate surface area is 124 Å². The molecule has 0 heterocycles. The Hall–Kier alpha value is -2.33. The second-order valence-electron chi connectivity index (χ2n) is 4.81. The van der Waals surface area contributed by atoms with Gasteiger partial charge in [-0.1, -0.05) is 19.1 Å². The van der Waals surface area contributed by atoms with E-state index in [1.165, 1.54) is 5.56 Å². The highest BCUT2D eigenvalue weighted by molar-refractivity contribution is 5.92. The number of nitrogens with two attached hydrogens (primary N) is 1. The number of nitrogens with one attached hydrogen (secondary N) is 1. The Morgan fingerprint density at radius 1 is 1.19 bits per heavy atom. The first-order valence-corrected chi connectivity index (χ1v) is 6.99. The lowest BCUT2D eigenvalue weighted by Crippen LogP contribution is -2.14. The zero-order valence-corrected chi connectivity index (χ0v) is 12.3. The molecule has 0 saturated heterocycles. The number of ether oxygens (including phenoxy) is 1. The van der Waals surface area contributed by atoms with E-state index in [9.17, 15) is 4.79 Å². The standard InChI is InChI=1S/C17H20N2O2/c1-3-16(19-2)13-5-4-6-15(11-13)21-14-9-7-12(8-10-14)17(18)20/h4-11,16,19H,3H2,1-2H3,(H2,18,20). The molecule has 2 rings (SSSR count). The molecule has 1 atom stereocenters. The maximum Gasteiger partial charge on any atom is 0.248 e. The summed E-state index contributed by atoms with van der Waals surface area (Å²) in [5.74, 6) is 1.01. The van der Waals surface area contributed by atoms with Gasteiger partial charge in [-0.2, -0.15) is 0 Å². The van der Waals surface area contributed by atoms with E-state index in [4.69, 9.17) is 10.5 Å². The van der Waals surface area contributed by atoms with Gasteiger partial charge in [0.2, 0.25) is 5.91 Å². The highest BCUT2D eigenvalue weighted by atomic mass is 16.5. The van der Waals surface area contributed by atoms with Crippen LogP contribution in [-0.4, -0.2) is 13.0 Å². The molecule has 2 aromatic carbocycles. The van der Waals surface area contributed by atoms with Crippen molar-refractivity contribution < 1.29 is 9.53 Å². The van der Waals surface area contributed by atoms with Crippen LogP contribution in [0, 0.1) is 0 Å². The van der Waals surface area contributed by atoms with Crippen LogP contribution in [0.5, 0.6) is 11.5 Å². The summed E-state index contributed by atoms with van der Waals surface area (Å²) in [6.07, 6.45) is 1.01. The predicted molar refractivity (Wildman–Crippen MR) is 83.6 cm³/mol. The molecule has 0 radical (unpaired) electrons. The topological polar surface area (TPSA) is 64.3 Å². The molecule has 0 spiro atoms. The lowest BCUT2D eigenvalue weighted by molar-refractivity contribution is 0.100. The van der Waals surface area contributed by atoms with Crippen molar-refractivity contribution in [3.8, 4) is 11.5 Å². The summed E-state index contributed by atoms with van der Waals surface area (Å²) in [5.41, 5.74) is 6.87. The van der Waals surface area contributed by atoms with Gasteiger partial charge in [-0.25, -0.2) is 0 Å². The van der Waals surface area contributed by atoms with Gasteiger partial charge in [0, 0.05) is 11.6 Å². The summed E-state index contributed by atoms with van der Waals surface area (Å²) < 4.78 is 5.81. The molecule has 0 fully saturated rings. The smallest absolute Gasteiger partial charge is 0.248 e. The Morgan fingerprint density at radius 2 is 1.90 bits per heavy atom. The third-order valence-electron chi connectivity index (χ3n) is 3.39. The summed E-state index contributed by atoms with van der Waals surface area (Å²) in [4.78, 5) is 11.0. The van der Waals surface area contributed by atoms with Crippen LogP contribution < -0.4 is 15.8 Å². The number of hydrogen-bond donors (Lipinski definition) is 2. The largest absolute Gasteiger partial charge is 0.457 e. The van der Waals surface area contributed by atoms with Crippen molar-refractivity contribution in [1.29, 1.82) is 0 Å². The first kappa shape index (κ1) is 15.1. The highest BCUT2D eigenvalue weighted by Gasteiger charge is 2.08. The molecule has 2 aromatic rings. The molecule has 0 aliphatic rings. The normalized spacial score (nSPS) is 11.9. The van der Waals surface area contributed by atoms with Crippen molar-refractivity contribution in [2.45, 2.75) is 19.4 Å². The van der Waals surface area contributed by atoms with E-state index in [0.29, 0.717) is 17.4 Å². The zero-order chi connectivity index (χ0) is 15.2. The van der Waals surface area contributed by atoms with Crippen LogP contribution in [0.4, 0.5) is 0 Å². The summed E-state index contributed by atoms with van der Waals surface area (Å²) in [6, 6.07) is 15.1. The lowest BCUT2D eigenvalue weighted by Gasteiger charge is -2.15. The van der Waals surface area contributed by atoms with Crippen molar-refractivity contribution in [2.24, 2.45) is 5.73 Å². The van der Waals surface area contributed by atoms with Crippen molar-refractivity contribution in [3.05, 3.63) is 59.7 Å². The Kier molecular flexibility index (Phi) is 4.95. The quantitative estimate of drug-likeness (QED) is 0.855. The first-order chi connectivity index (χ1) is 10.1. The Bertz CT molecular complexity index is 604. The summed E-state index contributed by atoms with van der Waals surface area (Å²) in [5, 5.41) is 3.27. The van der Waals surface area contributed by atoms with E-state index in [-0.39, 0.29) is 0 Å². The second kappa shape index (κ2) is 6.90. The number of amides is 1. The van der Waals surface area contributed by atoms with E-state index in [2.05, 4.69) is 18.3 Å². The number of benzene rings is 2. The third-order valence-corrected chi connectivity index (χ3v) is 3.39. The van der Waals surface area contributed by atoms with Gasteiger partial charge < -0.3 is 15.8 Å². The molecule has 0 aliphatic carbocycles. The monoisotopic (exact) mass is 284 g/mol. The van der Waals surface area contributed by atoms with Crippen LogP contribution in [0.1, 0.15) is 35.3 Å². The number of carbonyl (C=O) groups excluding carboxylic acids is 1. The summed E-state index contributed by atoms with van der Waals surface area (Å²) in [7, 11) is 1.95. The fourth-order valence-corrected chi connectivity index (χ4v) is 2.22. The van der Waals surface area contributed by atoms with Crippen molar-refractivity contribution in [2.75, 3.05) is 7.05 Å². The maximum atomic E-state index is 11.0. The first-order valence-electron chi connectivity index (χ1n) is 6.99. The van der Waals surface area contributed by atoms with Gasteiger partial charge >= 0.3 is 0 Å². The molecule has 4 heteroatoms. The van der Waals surface area contributed by atoms with Crippen molar-refractivity contribution in [3.63, 3.8) is 0 Å². The minimum absolute atomic E-state index is 0.311. The van der Waals surface area contributed by atoms with Crippen LogP contribution in [0.25, 0.3) is 0 Å². The molecule has 0 aliphatic heterocycles. The van der Waals surface area contributed by atoms with Gasteiger partial charge in [-0.05, 0) is 55.4 Å². The SMILES string of the molecule is CCC(NC)c1cccc(Oc2ccc(C(N)=O)cc2)c1. The maximum absolute atomic E-state index is 11.0. The molecule has 3 N–H and O–H groups in total. The van der Waals surface area contributed by atoms with Crippen LogP contribution in [0.2, 0.25) is 0 Å². The predicted octanol–water partition coefficient (Wildman–Crippen LogP) is 3.25. The fraction of sp³-hybridized carbons (Fsp3) is 0.235. The molecule has 21 heavy (non-hydrogen) atoms. The molecule has 1 unspecified atom stereocenters. The Morgan fingerprint density at radius 3 is 2.48 bits per heavy atom. The van der Waals surface area contributed by atoms with Crippen molar-refractivity contribution >= 4 is 5.91 Å². The minimum atomic E-state index is -0.441. The van der Waals surface area contributed by atoms with Crippen LogP contribution >= 0.6 is 0 Å². The summed E-state index contributed by atoms with van der Waals surface area (Å²) in [6.45, 7) is 2.14. The molecular formula is C17H20N2O2. The van der Waals surface area contributed by atoms with E-state index in [0.717, 1.165) is 12.2 Å². The number of primary amides is 1. The van der Waals surface area contributed by atoms with Gasteiger partial charge in [0.25, 0.3) is 0 Å². The lowest BCUT2D eigenvalue weighted by atomic mass is 10.0. The number of carbonyl (C=O) groups is 1. The average molecular weight is 284 g/mol. The van der Waals surface area contributed by atoms with Gasteiger partial charge in [0.15, 0.2) is 0 Å². The molecule has 0 bridgehead atoms. The van der Waals surface area contributed by atoms with E-state index < -0.39 is 5.91 Å². The highest BCUT2D eigenvalue weighted by Crippen LogP contribution is 2.25. The van der Waals surface area contributed by atoms with Gasteiger partial charge in [0.1, 0.15) is 11.5 Å². The van der Waals surface area contributed by atoms with E-state index in [1.54, 1.807) is 24.3 Å². The van der Waals surface area contributed by atoms with Crippen LogP contribution in [-0.2, 0) is 0 Å². The average Bonchev–Trinajstić information content (AvgIpc) is 2.49. The molecular weight excluding hydrogens is 264 g/mol. The minimum Gasteiger partial charge on any atom is -0.457 e. The summed E-state index contributed by atoms with van der Waals surface area (Å²) >= 11 is 0. The van der Waals surface area contributed by atoms with E-state index in [1.807, 2.05) is 25.2 Å². The molecule has 0 saturated carbocycles. The van der Waals surface area contributed by atoms with Crippen LogP contribution in [0.15, 0.2) is 48.5 Å². The second-order valence-corrected chi connectivity index (χ2v) is 4.81. The zero-order valence-electron chi connectivity index (χ0n) is 12.3. The van der Waals surface area contributed by atoms with Gasteiger partial charge in [0.05, 0.1) is 0 Å². The molecule has 0 aromatic heterocycles. The van der Waals surface area contributed by atoms with Crippen molar-refractivity contribution in [1.82, 2.24) is 5.32 Å². The number of rotatable bonds is 6. The van der Waals surface area contributed by atoms with Gasteiger partial charge in [-0.3, -0.25) is 4.79 Å². The Balaban J connectivity index is 2.15. The van der Waals surface area contributed by atoms with Gasteiger partial charge in [-0.15, -0.1) is 0 Å². The third kappa shape index (κ3) is 3.83. The van der Waals surface area contributed by atoms with Crippen LogP contribution in [0.3, 0.4) is 0 Å². The molecule has 4 nitrogen and oxygen atoms in total.